The molecule has 0 aliphatic heterocycles. The van der Waals surface area contributed by atoms with E-state index in [4.69, 9.17) is 4.74 Å². The van der Waals surface area contributed by atoms with Gasteiger partial charge in [-0.15, -0.1) is 0 Å². The minimum atomic E-state index is 0.188. The van der Waals surface area contributed by atoms with Crippen LogP contribution in [-0.4, -0.2) is 6.10 Å². The van der Waals surface area contributed by atoms with Gasteiger partial charge in [-0.05, 0) is 61.7 Å². The van der Waals surface area contributed by atoms with Crippen LogP contribution in [0.15, 0.2) is 46.9 Å². The van der Waals surface area contributed by atoms with E-state index in [1.54, 1.807) is 0 Å². The van der Waals surface area contributed by atoms with Crippen LogP contribution in [-0.2, 0) is 0 Å². The second-order valence-corrected chi connectivity index (χ2v) is 6.93. The Hall–Kier alpha value is -0.800. The molecule has 0 N–H and O–H groups in total. The summed E-state index contributed by atoms with van der Waals surface area (Å²) < 4.78 is 6.77. The van der Waals surface area contributed by atoms with Crippen LogP contribution >= 0.6 is 31.9 Å². The lowest BCUT2D eigenvalue weighted by atomic mass is 10.0. The molecule has 0 amide bonds. The van der Waals surface area contributed by atoms with Gasteiger partial charge >= 0.3 is 0 Å². The van der Waals surface area contributed by atoms with Crippen LogP contribution in [0, 0.1) is 6.92 Å². The van der Waals surface area contributed by atoms with E-state index >= 15 is 0 Å². The standard InChI is InChI=1S/C17H18Br2O/c1-11(2)20-15-8-5-13(6-9-15)17(19)16-10-14(18)7-4-12(16)3/h4-11,17H,1-3H3. The first-order valence-corrected chi connectivity index (χ1v) is 8.35. The van der Waals surface area contributed by atoms with E-state index in [-0.39, 0.29) is 10.9 Å². The van der Waals surface area contributed by atoms with Crippen molar-refractivity contribution in [1.29, 1.82) is 0 Å². The topological polar surface area (TPSA) is 9.23 Å². The van der Waals surface area contributed by atoms with Crippen molar-refractivity contribution in [3.63, 3.8) is 0 Å². The van der Waals surface area contributed by atoms with E-state index < -0.39 is 0 Å². The largest absolute Gasteiger partial charge is 0.491 e. The summed E-state index contributed by atoms with van der Waals surface area (Å²) in [4.78, 5) is 0.188. The summed E-state index contributed by atoms with van der Waals surface area (Å²) in [6.45, 7) is 6.20. The fraction of sp³-hybridized carbons (Fsp3) is 0.294. The lowest BCUT2D eigenvalue weighted by Gasteiger charge is -2.15. The van der Waals surface area contributed by atoms with E-state index in [1.165, 1.54) is 16.7 Å². The molecule has 0 fully saturated rings. The van der Waals surface area contributed by atoms with Gasteiger partial charge in [-0.1, -0.05) is 50.1 Å². The monoisotopic (exact) mass is 396 g/mol. The summed E-state index contributed by atoms with van der Waals surface area (Å²) in [6, 6.07) is 14.6. The normalized spacial score (nSPS) is 12.5. The highest BCUT2D eigenvalue weighted by Gasteiger charge is 2.13. The van der Waals surface area contributed by atoms with Crippen LogP contribution in [0.2, 0.25) is 0 Å². The van der Waals surface area contributed by atoms with E-state index in [9.17, 15) is 0 Å². The van der Waals surface area contributed by atoms with Crippen molar-refractivity contribution in [2.24, 2.45) is 0 Å². The number of rotatable bonds is 4. The van der Waals surface area contributed by atoms with E-state index in [0.717, 1.165) is 10.2 Å². The number of hydrogen-bond acceptors (Lipinski definition) is 1. The van der Waals surface area contributed by atoms with Gasteiger partial charge in [0.1, 0.15) is 5.75 Å². The fourth-order valence-corrected chi connectivity index (χ4v) is 3.23. The molecule has 0 radical (unpaired) electrons. The lowest BCUT2D eigenvalue weighted by molar-refractivity contribution is 0.242. The number of benzene rings is 2. The van der Waals surface area contributed by atoms with Gasteiger partial charge in [0.25, 0.3) is 0 Å². The Bertz CT molecular complexity index is 576. The SMILES string of the molecule is Cc1ccc(Br)cc1C(Br)c1ccc(OC(C)C)cc1. The summed E-state index contributed by atoms with van der Waals surface area (Å²) in [7, 11) is 0. The minimum Gasteiger partial charge on any atom is -0.491 e. The van der Waals surface area contributed by atoms with Crippen molar-refractivity contribution in [1.82, 2.24) is 0 Å². The maximum absolute atomic E-state index is 5.67. The van der Waals surface area contributed by atoms with Crippen molar-refractivity contribution < 1.29 is 4.74 Å². The van der Waals surface area contributed by atoms with Gasteiger partial charge in [-0.2, -0.15) is 0 Å². The highest BCUT2D eigenvalue weighted by molar-refractivity contribution is 9.10. The summed E-state index contributed by atoms with van der Waals surface area (Å²) in [5.74, 6) is 0.911. The third-order valence-electron chi connectivity index (χ3n) is 3.06. The smallest absolute Gasteiger partial charge is 0.119 e. The highest BCUT2D eigenvalue weighted by atomic mass is 79.9. The Kier molecular flexibility index (Phi) is 5.28. The molecule has 0 bridgehead atoms. The number of halogens is 2. The molecular weight excluding hydrogens is 380 g/mol. The maximum atomic E-state index is 5.67. The number of ether oxygens (including phenoxy) is 1. The maximum Gasteiger partial charge on any atom is 0.119 e. The van der Waals surface area contributed by atoms with Gasteiger partial charge in [-0.25, -0.2) is 0 Å². The van der Waals surface area contributed by atoms with E-state index in [2.05, 4.69) is 69.1 Å². The number of hydrogen-bond donors (Lipinski definition) is 0. The molecule has 20 heavy (non-hydrogen) atoms. The average molecular weight is 398 g/mol. The summed E-state index contributed by atoms with van der Waals surface area (Å²) in [6.07, 6.45) is 0.202. The average Bonchev–Trinajstić information content (AvgIpc) is 2.41. The van der Waals surface area contributed by atoms with Gasteiger partial charge < -0.3 is 4.74 Å². The number of aryl methyl sites for hydroxylation is 1. The molecule has 0 saturated heterocycles. The predicted molar refractivity (Wildman–Crippen MR) is 91.9 cm³/mol. The Balaban J connectivity index is 2.24. The zero-order valence-corrected chi connectivity index (χ0v) is 15.0. The summed E-state index contributed by atoms with van der Waals surface area (Å²) >= 11 is 7.33. The molecule has 0 aliphatic rings. The Morgan fingerprint density at radius 1 is 1.00 bits per heavy atom. The van der Waals surface area contributed by atoms with Crippen LogP contribution < -0.4 is 4.74 Å². The molecule has 0 heterocycles. The first-order chi connectivity index (χ1) is 9.47. The minimum absolute atomic E-state index is 0.188. The second kappa shape index (κ2) is 6.77. The van der Waals surface area contributed by atoms with Crippen LogP contribution in [0.1, 0.15) is 35.4 Å². The molecule has 0 aromatic heterocycles. The van der Waals surface area contributed by atoms with Gasteiger partial charge in [0.2, 0.25) is 0 Å². The third-order valence-corrected chi connectivity index (χ3v) is 4.57. The molecule has 0 spiro atoms. The first-order valence-electron chi connectivity index (χ1n) is 6.64. The van der Waals surface area contributed by atoms with Crippen LogP contribution in [0.3, 0.4) is 0 Å². The molecule has 2 aromatic carbocycles. The highest BCUT2D eigenvalue weighted by Crippen LogP contribution is 2.35. The molecule has 0 saturated carbocycles. The molecule has 1 unspecified atom stereocenters. The quantitative estimate of drug-likeness (QED) is 0.572. The van der Waals surface area contributed by atoms with Crippen molar-refractivity contribution in [3.8, 4) is 5.75 Å². The van der Waals surface area contributed by atoms with Gasteiger partial charge in [-0.3, -0.25) is 0 Å². The lowest BCUT2D eigenvalue weighted by Crippen LogP contribution is -2.05. The van der Waals surface area contributed by atoms with Crippen LogP contribution in [0.25, 0.3) is 0 Å². The third kappa shape index (κ3) is 3.86. The second-order valence-electron chi connectivity index (χ2n) is 5.10. The summed E-state index contributed by atoms with van der Waals surface area (Å²) in [5, 5.41) is 0. The van der Waals surface area contributed by atoms with E-state index in [0.29, 0.717) is 0 Å². The molecular formula is C17H18Br2O. The van der Waals surface area contributed by atoms with Gasteiger partial charge in [0.05, 0.1) is 10.9 Å². The van der Waals surface area contributed by atoms with E-state index in [1.807, 2.05) is 26.0 Å². The molecule has 3 heteroatoms. The predicted octanol–water partition coefficient (Wildman–Crippen LogP) is 6.03. The fourth-order valence-electron chi connectivity index (χ4n) is 2.05. The first kappa shape index (κ1) is 15.6. The van der Waals surface area contributed by atoms with Crippen LogP contribution in [0.5, 0.6) is 5.75 Å². The van der Waals surface area contributed by atoms with Crippen molar-refractivity contribution in [2.45, 2.75) is 31.7 Å². The molecule has 1 nitrogen and oxygen atoms in total. The van der Waals surface area contributed by atoms with Crippen LogP contribution in [0.4, 0.5) is 0 Å². The molecule has 2 rings (SSSR count). The zero-order valence-electron chi connectivity index (χ0n) is 11.9. The molecule has 0 aliphatic carbocycles. The molecule has 106 valence electrons. The molecule has 2 aromatic rings. The van der Waals surface area contributed by atoms with Crippen molar-refractivity contribution in [3.05, 3.63) is 63.6 Å². The summed E-state index contributed by atoms with van der Waals surface area (Å²) in [5.41, 5.74) is 3.77. The van der Waals surface area contributed by atoms with Crippen molar-refractivity contribution >= 4 is 31.9 Å². The van der Waals surface area contributed by atoms with Gasteiger partial charge in [0, 0.05) is 4.47 Å². The number of alkyl halides is 1. The Morgan fingerprint density at radius 2 is 1.65 bits per heavy atom. The molecule has 1 atom stereocenters. The Morgan fingerprint density at radius 3 is 2.25 bits per heavy atom. The Labute approximate surface area is 137 Å². The van der Waals surface area contributed by atoms with Gasteiger partial charge in [0.15, 0.2) is 0 Å². The zero-order chi connectivity index (χ0) is 14.7. The van der Waals surface area contributed by atoms with Crippen molar-refractivity contribution in [2.75, 3.05) is 0 Å².